The Bertz CT molecular complexity index is 286. The lowest BCUT2D eigenvalue weighted by atomic mass is 10.1. The Morgan fingerprint density at radius 1 is 1.54 bits per heavy atom. The molecule has 0 bridgehead atoms. The molecule has 1 atom stereocenters. The molecular weight excluding hydrogens is 169 g/mol. The number of nitrogens with two attached hydrogens (primary N) is 1. The zero-order valence-corrected chi connectivity index (χ0v) is 7.88. The maximum absolute atomic E-state index is 12.8. The van der Waals surface area contributed by atoms with Crippen LogP contribution in [0.3, 0.4) is 0 Å². The zero-order chi connectivity index (χ0) is 9.84. The highest BCUT2D eigenvalue weighted by atomic mass is 19.1. The largest absolute Gasteiger partial charge is 0.493 e. The van der Waals surface area contributed by atoms with Crippen LogP contribution >= 0.6 is 0 Å². The molecule has 0 unspecified atom stereocenters. The van der Waals surface area contributed by atoms with Crippen LogP contribution in [0.2, 0.25) is 0 Å². The van der Waals surface area contributed by atoms with Gasteiger partial charge in [0.2, 0.25) is 0 Å². The molecule has 0 saturated heterocycles. The first-order valence-corrected chi connectivity index (χ1v) is 4.33. The molecule has 2 N–H and O–H groups in total. The molecule has 1 aromatic carbocycles. The topological polar surface area (TPSA) is 35.2 Å². The molecule has 3 heteroatoms. The Hall–Kier alpha value is -1.09. The minimum Gasteiger partial charge on any atom is -0.493 e. The highest BCUT2D eigenvalue weighted by Gasteiger charge is 2.08. The number of halogens is 1. The summed E-state index contributed by atoms with van der Waals surface area (Å²) in [5, 5.41) is 0. The van der Waals surface area contributed by atoms with E-state index in [-0.39, 0.29) is 11.9 Å². The van der Waals surface area contributed by atoms with Crippen LogP contribution in [0.5, 0.6) is 5.75 Å². The Kier molecular flexibility index (Phi) is 3.25. The standard InChI is InChI=1S/C10H14FNO/c1-3-13-10-6-8(11)4-5-9(10)7(2)12/h4-7H,3,12H2,1-2H3/t7-/m0/s1. The van der Waals surface area contributed by atoms with Crippen molar-refractivity contribution >= 4 is 0 Å². The average Bonchev–Trinajstić information content (AvgIpc) is 2.04. The van der Waals surface area contributed by atoms with Crippen LogP contribution in [0.4, 0.5) is 4.39 Å². The first-order valence-electron chi connectivity index (χ1n) is 4.33. The Labute approximate surface area is 77.5 Å². The monoisotopic (exact) mass is 183 g/mol. The third-order valence-corrected chi connectivity index (χ3v) is 1.77. The van der Waals surface area contributed by atoms with Gasteiger partial charge in [-0.3, -0.25) is 0 Å². The van der Waals surface area contributed by atoms with Crippen molar-refractivity contribution in [2.45, 2.75) is 19.9 Å². The molecule has 0 amide bonds. The molecule has 0 radical (unpaired) electrons. The first kappa shape index (κ1) is 9.99. The van der Waals surface area contributed by atoms with E-state index >= 15 is 0 Å². The number of ether oxygens (including phenoxy) is 1. The van der Waals surface area contributed by atoms with Crippen LogP contribution in [-0.4, -0.2) is 6.61 Å². The van der Waals surface area contributed by atoms with Crippen molar-refractivity contribution in [3.05, 3.63) is 29.6 Å². The summed E-state index contributed by atoms with van der Waals surface area (Å²) in [5.41, 5.74) is 6.53. The van der Waals surface area contributed by atoms with E-state index in [1.165, 1.54) is 12.1 Å². The Balaban J connectivity index is 3.03. The third-order valence-electron chi connectivity index (χ3n) is 1.77. The van der Waals surface area contributed by atoms with Crippen LogP contribution in [-0.2, 0) is 0 Å². The molecule has 0 saturated carbocycles. The van der Waals surface area contributed by atoms with Gasteiger partial charge in [-0.15, -0.1) is 0 Å². The lowest BCUT2D eigenvalue weighted by molar-refractivity contribution is 0.333. The second-order valence-corrected chi connectivity index (χ2v) is 2.90. The third kappa shape index (κ3) is 2.42. The fraction of sp³-hybridized carbons (Fsp3) is 0.400. The van der Waals surface area contributed by atoms with Gasteiger partial charge in [0.1, 0.15) is 11.6 Å². The molecule has 72 valence electrons. The normalized spacial score (nSPS) is 12.6. The van der Waals surface area contributed by atoms with Gasteiger partial charge in [-0.05, 0) is 19.9 Å². The van der Waals surface area contributed by atoms with Gasteiger partial charge in [-0.1, -0.05) is 6.07 Å². The van der Waals surface area contributed by atoms with E-state index in [4.69, 9.17) is 10.5 Å². The van der Waals surface area contributed by atoms with E-state index in [1.54, 1.807) is 6.07 Å². The average molecular weight is 183 g/mol. The van der Waals surface area contributed by atoms with Crippen LogP contribution in [0.1, 0.15) is 25.5 Å². The van der Waals surface area contributed by atoms with Crippen molar-refractivity contribution in [1.82, 2.24) is 0 Å². The highest BCUT2D eigenvalue weighted by Crippen LogP contribution is 2.24. The van der Waals surface area contributed by atoms with Crippen LogP contribution in [0.25, 0.3) is 0 Å². The van der Waals surface area contributed by atoms with Gasteiger partial charge in [-0.25, -0.2) is 4.39 Å². The Morgan fingerprint density at radius 2 is 2.23 bits per heavy atom. The van der Waals surface area contributed by atoms with E-state index in [0.29, 0.717) is 12.4 Å². The smallest absolute Gasteiger partial charge is 0.126 e. The van der Waals surface area contributed by atoms with Gasteiger partial charge in [0, 0.05) is 17.7 Å². The van der Waals surface area contributed by atoms with Gasteiger partial charge in [0.05, 0.1) is 6.61 Å². The summed E-state index contributed by atoms with van der Waals surface area (Å²) < 4.78 is 18.1. The van der Waals surface area contributed by atoms with Crippen LogP contribution in [0.15, 0.2) is 18.2 Å². The van der Waals surface area contributed by atoms with Gasteiger partial charge < -0.3 is 10.5 Å². The predicted octanol–water partition coefficient (Wildman–Crippen LogP) is 2.24. The predicted molar refractivity (Wildman–Crippen MR) is 50.2 cm³/mol. The summed E-state index contributed by atoms with van der Waals surface area (Å²) in [4.78, 5) is 0. The Morgan fingerprint density at radius 3 is 2.77 bits per heavy atom. The van der Waals surface area contributed by atoms with Gasteiger partial charge in [0.25, 0.3) is 0 Å². The molecule has 2 nitrogen and oxygen atoms in total. The van der Waals surface area contributed by atoms with Crippen LogP contribution in [0, 0.1) is 5.82 Å². The van der Waals surface area contributed by atoms with E-state index in [0.717, 1.165) is 5.56 Å². The van der Waals surface area contributed by atoms with E-state index in [9.17, 15) is 4.39 Å². The van der Waals surface area contributed by atoms with E-state index < -0.39 is 0 Å². The molecule has 0 aliphatic rings. The second kappa shape index (κ2) is 4.23. The molecule has 1 rings (SSSR count). The molecule has 1 aromatic rings. The fourth-order valence-corrected chi connectivity index (χ4v) is 1.16. The van der Waals surface area contributed by atoms with Crippen molar-refractivity contribution in [2.75, 3.05) is 6.61 Å². The molecule has 0 spiro atoms. The molecule has 0 aromatic heterocycles. The lowest BCUT2D eigenvalue weighted by Gasteiger charge is -2.12. The molecule has 13 heavy (non-hydrogen) atoms. The summed E-state index contributed by atoms with van der Waals surface area (Å²) in [6.45, 7) is 4.22. The number of rotatable bonds is 3. The minimum absolute atomic E-state index is 0.137. The first-order chi connectivity index (χ1) is 6.15. The number of benzene rings is 1. The quantitative estimate of drug-likeness (QED) is 0.780. The molecule has 0 aliphatic heterocycles. The summed E-state index contributed by atoms with van der Waals surface area (Å²) in [7, 11) is 0. The van der Waals surface area contributed by atoms with E-state index in [2.05, 4.69) is 0 Å². The van der Waals surface area contributed by atoms with E-state index in [1.807, 2.05) is 13.8 Å². The molecule has 0 heterocycles. The zero-order valence-electron chi connectivity index (χ0n) is 7.88. The minimum atomic E-state index is -0.298. The van der Waals surface area contributed by atoms with Crippen molar-refractivity contribution < 1.29 is 9.13 Å². The summed E-state index contributed by atoms with van der Waals surface area (Å²) in [6.07, 6.45) is 0. The molecule has 0 aliphatic carbocycles. The second-order valence-electron chi connectivity index (χ2n) is 2.90. The summed E-state index contributed by atoms with van der Waals surface area (Å²) in [5.74, 6) is 0.241. The van der Waals surface area contributed by atoms with Gasteiger partial charge in [-0.2, -0.15) is 0 Å². The van der Waals surface area contributed by atoms with Crippen molar-refractivity contribution in [3.63, 3.8) is 0 Å². The molecule has 0 fully saturated rings. The van der Waals surface area contributed by atoms with Crippen molar-refractivity contribution in [1.29, 1.82) is 0 Å². The summed E-state index contributed by atoms with van der Waals surface area (Å²) >= 11 is 0. The highest BCUT2D eigenvalue weighted by molar-refractivity contribution is 5.36. The van der Waals surface area contributed by atoms with Crippen LogP contribution < -0.4 is 10.5 Å². The van der Waals surface area contributed by atoms with Gasteiger partial charge >= 0.3 is 0 Å². The SMILES string of the molecule is CCOc1cc(F)ccc1[C@H](C)N. The molecular formula is C10H14FNO. The fourth-order valence-electron chi connectivity index (χ4n) is 1.16. The van der Waals surface area contributed by atoms with Crippen molar-refractivity contribution in [2.24, 2.45) is 5.73 Å². The summed E-state index contributed by atoms with van der Waals surface area (Å²) in [6, 6.07) is 4.27. The maximum atomic E-state index is 12.8. The maximum Gasteiger partial charge on any atom is 0.126 e. The lowest BCUT2D eigenvalue weighted by Crippen LogP contribution is -2.08. The number of hydrogen-bond acceptors (Lipinski definition) is 2. The van der Waals surface area contributed by atoms with Gasteiger partial charge in [0.15, 0.2) is 0 Å². The number of hydrogen-bond donors (Lipinski definition) is 1. The van der Waals surface area contributed by atoms with Crippen molar-refractivity contribution in [3.8, 4) is 5.75 Å².